The Labute approximate surface area is 139 Å². The molecule has 0 amide bonds. The van der Waals surface area contributed by atoms with Gasteiger partial charge in [0.25, 0.3) is 0 Å². The zero-order chi connectivity index (χ0) is 8.91. The number of hydrogen-bond donors (Lipinski definition) is 0. The molecular formula is C9H20N2UVW-2. The van der Waals surface area contributed by atoms with Crippen LogP contribution in [0.2, 0.25) is 0 Å². The van der Waals surface area contributed by atoms with Crippen molar-refractivity contribution in [1.82, 2.24) is 4.90 Å². The first kappa shape index (κ1) is 25.2. The van der Waals surface area contributed by atoms with E-state index in [4.69, 9.17) is 0 Å². The molecule has 0 saturated heterocycles. The van der Waals surface area contributed by atoms with Crippen LogP contribution in [-0.4, -0.2) is 37.6 Å². The Balaban J connectivity index is -0.000000167. The van der Waals surface area contributed by atoms with E-state index in [1.807, 2.05) is 0 Å². The molecule has 0 unspecified atom stereocenters. The van der Waals surface area contributed by atoms with E-state index in [9.17, 15) is 0 Å². The van der Waals surface area contributed by atoms with Crippen LogP contribution in [0.4, 0.5) is 0 Å². The molecule has 0 saturated carbocycles. The molecule has 0 fully saturated rings. The molecule has 0 bridgehead atoms. The molecular weight excluding hydrogens is 609 g/mol. The Hall–Kier alpha value is 2.24. The van der Waals surface area contributed by atoms with Crippen LogP contribution in [0.25, 0.3) is 5.32 Å². The molecule has 5 heteroatoms. The average molecular weight is 629 g/mol. The van der Waals surface area contributed by atoms with Gasteiger partial charge in [0.1, 0.15) is 0 Å². The molecule has 0 rings (SSSR count). The van der Waals surface area contributed by atoms with Crippen LogP contribution >= 0.6 is 0 Å². The largest absolute Gasteiger partial charge is 0.688 e. The normalized spacial score (nSPS) is 9.86. The number of nitrogens with zero attached hydrogens (tertiary/aromatic N) is 2. The molecule has 83 valence electrons. The predicted molar refractivity (Wildman–Crippen MR) is 50.8 cm³/mol. The van der Waals surface area contributed by atoms with E-state index in [0.717, 1.165) is 13.0 Å². The summed E-state index contributed by atoms with van der Waals surface area (Å²) in [7, 11) is 4.20. The van der Waals surface area contributed by atoms with E-state index in [1.54, 1.807) is 0 Å². The molecule has 0 heterocycles. The monoisotopic (exact) mass is 629 g/mol. The van der Waals surface area contributed by atoms with Gasteiger partial charge in [-0.05, 0) is 27.9 Å². The molecule has 1 radical (unpaired) electrons. The van der Waals surface area contributed by atoms with Crippen LogP contribution in [0, 0.1) is 38.0 Å². The summed E-state index contributed by atoms with van der Waals surface area (Å²) in [6, 6.07) is 0. The molecule has 0 aliphatic heterocycles. The van der Waals surface area contributed by atoms with Gasteiger partial charge in [-0.3, -0.25) is 6.54 Å². The Kier molecular flexibility index (Phi) is 23.9. The fourth-order valence-corrected chi connectivity index (χ4v) is 0.688. The zero-order valence-electron chi connectivity index (χ0n) is 9.58. The first-order valence-corrected chi connectivity index (χ1v) is 4.10. The van der Waals surface area contributed by atoms with Gasteiger partial charge in [-0.1, -0.05) is 6.42 Å². The van der Waals surface area contributed by atoms with Crippen molar-refractivity contribution in [3.05, 3.63) is 12.2 Å². The third kappa shape index (κ3) is 12.3. The maximum atomic E-state index is 4.20. The molecule has 14 heavy (non-hydrogen) atoms. The third-order valence-corrected chi connectivity index (χ3v) is 2.25. The van der Waals surface area contributed by atoms with E-state index in [1.165, 1.54) is 0 Å². The van der Waals surface area contributed by atoms with Gasteiger partial charge in [0, 0.05) is 76.3 Å². The first-order valence-electron chi connectivity index (χ1n) is 4.10. The Morgan fingerprint density at radius 1 is 1.29 bits per heavy atom. The molecule has 0 N–H and O–H groups in total. The van der Waals surface area contributed by atoms with Crippen molar-refractivity contribution in [1.29, 1.82) is 0 Å². The summed E-state index contributed by atoms with van der Waals surface area (Å²) < 4.78 is 0. The molecule has 0 aromatic carbocycles. The second-order valence-electron chi connectivity index (χ2n) is 3.63. The second kappa shape index (κ2) is 13.3. The quantitative estimate of drug-likeness (QED) is 0.336. The maximum absolute atomic E-state index is 4.20. The molecule has 2 nitrogen and oxygen atoms in total. The minimum absolute atomic E-state index is 0. The summed E-state index contributed by atoms with van der Waals surface area (Å²) in [5.74, 6) is 0. The Morgan fingerprint density at radius 3 is 2.00 bits per heavy atom. The molecule has 0 aliphatic rings. The van der Waals surface area contributed by atoms with Gasteiger partial charge in [-0.25, -0.2) is 0 Å². The van der Waals surface area contributed by atoms with E-state index in [-0.39, 0.29) is 76.3 Å². The van der Waals surface area contributed by atoms with Crippen molar-refractivity contribution in [2.75, 3.05) is 27.2 Å². The van der Waals surface area contributed by atoms with Crippen LogP contribution < -0.4 is 0 Å². The second-order valence-corrected chi connectivity index (χ2v) is 3.63. The van der Waals surface area contributed by atoms with Gasteiger partial charge in [0.05, 0.1) is 0 Å². The smallest absolute Gasteiger partial charge is 0.0130 e. The topological polar surface area (TPSA) is 17.3 Å². The summed E-state index contributed by atoms with van der Waals surface area (Å²) in [6.45, 7) is 9.75. The summed E-state index contributed by atoms with van der Waals surface area (Å²) in [5, 5.41) is 4.20. The van der Waals surface area contributed by atoms with Gasteiger partial charge in [0.2, 0.25) is 0 Å². The van der Waals surface area contributed by atoms with Crippen molar-refractivity contribution in [2.24, 2.45) is 0 Å². The van der Waals surface area contributed by atoms with Crippen LogP contribution in [0.1, 0.15) is 20.3 Å². The fraction of sp³-hybridized carbons (Fsp3) is 0.889. The van der Waals surface area contributed by atoms with Crippen LogP contribution in [0.3, 0.4) is 0 Å². The van der Waals surface area contributed by atoms with Crippen LogP contribution in [0.15, 0.2) is 0 Å². The van der Waals surface area contributed by atoms with Gasteiger partial charge < -0.3 is 17.1 Å². The van der Waals surface area contributed by atoms with Crippen molar-refractivity contribution >= 4 is 0 Å². The molecule has 0 aromatic rings. The molecule has 0 aliphatic carbocycles. The number of hydrogen-bond acceptors (Lipinski definition) is 1. The molecule has 0 aromatic heterocycles. The number of rotatable bonds is 5. The molecule has 0 spiro atoms. The molecule has 0 atom stereocenters. The average Bonchev–Trinajstić information content (AvgIpc) is 1.88. The SMILES string of the molecule is [CH2-]C[N-]CCC(C)(C)N(C)C.[U].[V].[W]. The van der Waals surface area contributed by atoms with Crippen molar-refractivity contribution in [3.8, 4) is 0 Å². The van der Waals surface area contributed by atoms with E-state index in [0.29, 0.717) is 6.54 Å². The summed E-state index contributed by atoms with van der Waals surface area (Å²) in [6.07, 6.45) is 1.11. The third-order valence-electron chi connectivity index (χ3n) is 2.25. The standard InChI is InChI=1S/C9H20N2.U.V.W/c1-6-10-8-7-9(2,3)11(4)5;;;/h1,6-8H2,2-5H3;;;/q-2;;;. The van der Waals surface area contributed by atoms with Gasteiger partial charge >= 0.3 is 0 Å². The van der Waals surface area contributed by atoms with Crippen LogP contribution in [-0.2, 0) is 39.6 Å². The summed E-state index contributed by atoms with van der Waals surface area (Å²) in [5.41, 5.74) is 0.263. The Bertz CT molecular complexity index is 113. The van der Waals surface area contributed by atoms with E-state index >= 15 is 0 Å². The first-order chi connectivity index (χ1) is 5.00. The summed E-state index contributed by atoms with van der Waals surface area (Å²) in [4.78, 5) is 2.23. The minimum Gasteiger partial charge on any atom is -0.688 e. The maximum Gasteiger partial charge on any atom is 0.0130 e. The van der Waals surface area contributed by atoms with E-state index < -0.39 is 0 Å². The van der Waals surface area contributed by atoms with Gasteiger partial charge in [-0.2, -0.15) is 0 Å². The Morgan fingerprint density at radius 2 is 1.71 bits per heavy atom. The van der Waals surface area contributed by atoms with Crippen molar-refractivity contribution in [3.63, 3.8) is 0 Å². The minimum atomic E-state index is 0. The zero-order valence-corrected chi connectivity index (χ0v) is 18.1. The van der Waals surface area contributed by atoms with Crippen molar-refractivity contribution < 1.29 is 70.7 Å². The van der Waals surface area contributed by atoms with Crippen LogP contribution in [0.5, 0.6) is 0 Å². The summed E-state index contributed by atoms with van der Waals surface area (Å²) >= 11 is 0. The predicted octanol–water partition coefficient (Wildman–Crippen LogP) is 1.92. The van der Waals surface area contributed by atoms with E-state index in [2.05, 4.69) is 45.1 Å². The van der Waals surface area contributed by atoms with Gasteiger partial charge in [-0.15, -0.1) is 6.54 Å². The van der Waals surface area contributed by atoms with Crippen molar-refractivity contribution in [2.45, 2.75) is 25.8 Å². The van der Waals surface area contributed by atoms with Gasteiger partial charge in [0.15, 0.2) is 0 Å². The fourth-order valence-electron chi connectivity index (χ4n) is 0.688.